The minimum Gasteiger partial charge on any atom is -0.506 e. The van der Waals surface area contributed by atoms with Crippen LogP contribution in [0.25, 0.3) is 0 Å². The number of rotatable bonds is 5. The van der Waals surface area contributed by atoms with Crippen molar-refractivity contribution >= 4 is 23.2 Å². The van der Waals surface area contributed by atoms with Crippen LogP contribution in [0.15, 0.2) is 67.8 Å². The van der Waals surface area contributed by atoms with Crippen LogP contribution in [-0.2, 0) is 6.42 Å². The maximum Gasteiger partial charge on any atom is 0.138 e. The largest absolute Gasteiger partial charge is 0.506 e. The number of para-hydroxylation sites is 2. The molecule has 0 aliphatic heterocycles. The molecular weight excluding hydrogens is 319 g/mol. The lowest BCUT2D eigenvalue weighted by Crippen LogP contribution is -1.92. The van der Waals surface area contributed by atoms with E-state index in [1.807, 2.05) is 24.3 Å². The molecule has 0 saturated carbocycles. The number of hydrogen-bond donors (Lipinski definition) is 1. The smallest absolute Gasteiger partial charge is 0.138 e. The van der Waals surface area contributed by atoms with Crippen molar-refractivity contribution in [2.75, 3.05) is 6.61 Å². The van der Waals surface area contributed by atoms with Gasteiger partial charge in [-0.3, -0.25) is 0 Å². The fraction of sp³-hybridized carbons (Fsp3) is 0.111. The second-order valence-corrected chi connectivity index (χ2v) is 5.08. The Labute approximate surface area is 141 Å². The first kappa shape index (κ1) is 18.1. The summed E-state index contributed by atoms with van der Waals surface area (Å²) in [6.45, 7) is 7.60. The molecule has 2 aromatic rings. The Morgan fingerprint density at radius 2 is 1.64 bits per heavy atom. The summed E-state index contributed by atoms with van der Waals surface area (Å²) in [4.78, 5) is 0. The van der Waals surface area contributed by atoms with E-state index < -0.39 is 0 Å². The second kappa shape index (κ2) is 9.93. The Balaban J connectivity index is 0.000000220. The maximum atomic E-state index is 9.35. The van der Waals surface area contributed by atoms with Gasteiger partial charge in [-0.1, -0.05) is 66.2 Å². The molecule has 22 heavy (non-hydrogen) atoms. The van der Waals surface area contributed by atoms with Gasteiger partial charge >= 0.3 is 0 Å². The highest BCUT2D eigenvalue weighted by Gasteiger charge is 2.01. The Kier molecular flexibility index (Phi) is 8.19. The lowest BCUT2D eigenvalue weighted by Gasteiger charge is -2.03. The summed E-state index contributed by atoms with van der Waals surface area (Å²) in [5.41, 5.74) is 0.813. The van der Waals surface area contributed by atoms with E-state index >= 15 is 0 Å². The summed E-state index contributed by atoms with van der Waals surface area (Å²) < 4.78 is 5.24. The highest BCUT2D eigenvalue weighted by molar-refractivity contribution is 6.32. The van der Waals surface area contributed by atoms with Gasteiger partial charge in [-0.05, 0) is 30.2 Å². The van der Waals surface area contributed by atoms with Crippen molar-refractivity contribution in [1.29, 1.82) is 0 Å². The molecule has 0 unspecified atom stereocenters. The predicted octanol–water partition coefficient (Wildman–Crippen LogP) is 5.68. The van der Waals surface area contributed by atoms with Crippen LogP contribution < -0.4 is 4.74 Å². The minimum atomic E-state index is 0.161. The summed E-state index contributed by atoms with van der Waals surface area (Å²) in [5.74, 6) is 0.864. The van der Waals surface area contributed by atoms with E-state index in [0.717, 1.165) is 5.56 Å². The Hall–Kier alpha value is -1.90. The highest BCUT2D eigenvalue weighted by atomic mass is 35.5. The molecule has 0 spiro atoms. The van der Waals surface area contributed by atoms with Gasteiger partial charge in [-0.2, -0.15) is 0 Å². The number of phenolic OH excluding ortho intramolecular Hbond substituents is 1. The van der Waals surface area contributed by atoms with E-state index in [2.05, 4.69) is 13.2 Å². The standard InChI is InChI=1S/2C9H9ClO/c1-2-7-11-9-6-4-3-5-8(9)10;1-2-4-7-5-3-6-8(10)9(7)11/h2-6H,1,7H2;2-3,5-6,11H,1,4H2. The summed E-state index contributed by atoms with van der Waals surface area (Å²) >= 11 is 11.5. The second-order valence-electron chi connectivity index (χ2n) is 4.27. The number of allylic oxidation sites excluding steroid dienone is 1. The molecule has 0 fully saturated rings. The lowest BCUT2D eigenvalue weighted by atomic mass is 10.1. The van der Waals surface area contributed by atoms with Crippen molar-refractivity contribution in [2.45, 2.75) is 6.42 Å². The van der Waals surface area contributed by atoms with Gasteiger partial charge in [0.05, 0.1) is 10.0 Å². The van der Waals surface area contributed by atoms with E-state index in [-0.39, 0.29) is 5.75 Å². The summed E-state index contributed by atoms with van der Waals surface area (Å²) in [7, 11) is 0. The monoisotopic (exact) mass is 336 g/mol. The van der Waals surface area contributed by atoms with Gasteiger partial charge in [0, 0.05) is 0 Å². The molecule has 116 valence electrons. The SMILES string of the molecule is C=CCOc1ccccc1Cl.C=CCc1cccc(Cl)c1O. The number of phenols is 1. The molecule has 0 amide bonds. The van der Waals surface area contributed by atoms with Crippen molar-refractivity contribution in [3.63, 3.8) is 0 Å². The van der Waals surface area contributed by atoms with Gasteiger partial charge in [0.25, 0.3) is 0 Å². The van der Waals surface area contributed by atoms with Crippen molar-refractivity contribution in [2.24, 2.45) is 0 Å². The van der Waals surface area contributed by atoms with Crippen LogP contribution in [0.2, 0.25) is 10.0 Å². The van der Waals surface area contributed by atoms with Crippen LogP contribution in [0, 0.1) is 0 Å². The molecule has 2 rings (SSSR count). The van der Waals surface area contributed by atoms with Gasteiger partial charge in [0.2, 0.25) is 0 Å². The summed E-state index contributed by atoms with van der Waals surface area (Å²) in [6, 6.07) is 12.6. The third-order valence-electron chi connectivity index (χ3n) is 2.63. The van der Waals surface area contributed by atoms with Crippen molar-refractivity contribution in [1.82, 2.24) is 0 Å². The Morgan fingerprint density at radius 3 is 2.27 bits per heavy atom. The molecular formula is C18H18Cl2O2. The van der Waals surface area contributed by atoms with Gasteiger partial charge < -0.3 is 9.84 Å². The van der Waals surface area contributed by atoms with Crippen LogP contribution in [0.4, 0.5) is 0 Å². The maximum absolute atomic E-state index is 9.35. The first-order valence-corrected chi connectivity index (χ1v) is 7.41. The van der Waals surface area contributed by atoms with Crippen LogP contribution in [0.3, 0.4) is 0 Å². The third kappa shape index (κ3) is 5.84. The van der Waals surface area contributed by atoms with Gasteiger partial charge in [0.1, 0.15) is 18.1 Å². The molecule has 0 aromatic heterocycles. The molecule has 2 nitrogen and oxygen atoms in total. The number of benzene rings is 2. The molecule has 0 saturated heterocycles. The highest BCUT2D eigenvalue weighted by Crippen LogP contribution is 2.27. The predicted molar refractivity (Wildman–Crippen MR) is 94.2 cm³/mol. The lowest BCUT2D eigenvalue weighted by molar-refractivity contribution is 0.363. The Bertz CT molecular complexity index is 624. The van der Waals surface area contributed by atoms with Gasteiger partial charge in [0.15, 0.2) is 0 Å². The first-order valence-electron chi connectivity index (χ1n) is 6.65. The average Bonchev–Trinajstić information content (AvgIpc) is 2.52. The molecule has 0 radical (unpaired) electrons. The molecule has 0 atom stereocenters. The van der Waals surface area contributed by atoms with Crippen LogP contribution in [0.1, 0.15) is 5.56 Å². The van der Waals surface area contributed by atoms with E-state index in [0.29, 0.717) is 28.8 Å². The quantitative estimate of drug-likeness (QED) is 0.711. The van der Waals surface area contributed by atoms with Crippen LogP contribution >= 0.6 is 23.2 Å². The van der Waals surface area contributed by atoms with E-state index in [4.69, 9.17) is 27.9 Å². The summed E-state index contributed by atoms with van der Waals surface area (Å²) in [5, 5.41) is 10.4. The first-order chi connectivity index (χ1) is 10.6. The topological polar surface area (TPSA) is 29.5 Å². The number of halogens is 2. The zero-order valence-electron chi connectivity index (χ0n) is 12.1. The fourth-order valence-electron chi connectivity index (χ4n) is 1.59. The number of aromatic hydroxyl groups is 1. The molecule has 4 heteroatoms. The zero-order chi connectivity index (χ0) is 16.4. The van der Waals surface area contributed by atoms with E-state index in [1.54, 1.807) is 30.4 Å². The van der Waals surface area contributed by atoms with Crippen LogP contribution in [0.5, 0.6) is 11.5 Å². The number of hydrogen-bond acceptors (Lipinski definition) is 2. The molecule has 0 aliphatic rings. The molecule has 1 N–H and O–H groups in total. The molecule has 0 heterocycles. The van der Waals surface area contributed by atoms with Crippen molar-refractivity contribution in [3.8, 4) is 11.5 Å². The van der Waals surface area contributed by atoms with Crippen molar-refractivity contribution < 1.29 is 9.84 Å². The van der Waals surface area contributed by atoms with Gasteiger partial charge in [-0.25, -0.2) is 0 Å². The molecule has 0 aliphatic carbocycles. The average molecular weight is 337 g/mol. The van der Waals surface area contributed by atoms with Gasteiger partial charge in [-0.15, -0.1) is 6.58 Å². The minimum absolute atomic E-state index is 0.161. The van der Waals surface area contributed by atoms with Crippen molar-refractivity contribution in [3.05, 3.63) is 83.4 Å². The Morgan fingerprint density at radius 1 is 0.955 bits per heavy atom. The van der Waals surface area contributed by atoms with E-state index in [9.17, 15) is 5.11 Å². The zero-order valence-corrected chi connectivity index (χ0v) is 13.6. The van der Waals surface area contributed by atoms with Crippen LogP contribution in [-0.4, -0.2) is 11.7 Å². The fourth-order valence-corrected chi connectivity index (χ4v) is 1.98. The molecule has 2 aromatic carbocycles. The normalized spacial score (nSPS) is 9.36. The summed E-state index contributed by atoms with van der Waals surface area (Å²) in [6.07, 6.45) is 4.06. The van der Waals surface area contributed by atoms with E-state index in [1.165, 1.54) is 0 Å². The third-order valence-corrected chi connectivity index (χ3v) is 3.25. The molecule has 0 bridgehead atoms. The number of ether oxygens (including phenoxy) is 1.